The van der Waals surface area contributed by atoms with Crippen LogP contribution in [-0.2, 0) is 0 Å². The zero-order valence-corrected chi connectivity index (χ0v) is 11.9. The van der Waals surface area contributed by atoms with E-state index in [1.807, 2.05) is 0 Å². The molecule has 3 nitrogen and oxygen atoms in total. The summed E-state index contributed by atoms with van der Waals surface area (Å²) in [6.07, 6.45) is 0. The maximum Gasteiger partial charge on any atom is 0.253 e. The number of rotatable bonds is 3. The van der Waals surface area contributed by atoms with Crippen LogP contribution in [0.15, 0.2) is 36.4 Å². The second kappa shape index (κ2) is 6.10. The minimum atomic E-state index is -0.839. The van der Waals surface area contributed by atoms with Gasteiger partial charge in [-0.05, 0) is 37.3 Å². The van der Waals surface area contributed by atoms with Gasteiger partial charge in [-0.25, -0.2) is 8.78 Å². The van der Waals surface area contributed by atoms with Crippen LogP contribution in [0.4, 0.5) is 14.5 Å². The molecule has 21 heavy (non-hydrogen) atoms. The molecule has 0 heterocycles. The van der Waals surface area contributed by atoms with Gasteiger partial charge in [-0.15, -0.1) is 0 Å². The van der Waals surface area contributed by atoms with Gasteiger partial charge in [-0.1, -0.05) is 17.7 Å². The normalized spacial score (nSPS) is 12.0. The molecule has 0 radical (unpaired) electrons. The van der Waals surface area contributed by atoms with Crippen molar-refractivity contribution >= 4 is 23.2 Å². The molecule has 1 atom stereocenters. The fourth-order valence-corrected chi connectivity index (χ4v) is 2.19. The van der Waals surface area contributed by atoms with Crippen LogP contribution in [0.25, 0.3) is 0 Å². The minimum absolute atomic E-state index is 0.196. The number of benzene rings is 2. The van der Waals surface area contributed by atoms with E-state index in [1.165, 1.54) is 31.2 Å². The SMILES string of the molecule is CC(NC(=O)c1ccc(Cl)cc1N)c1c(F)cccc1F. The van der Waals surface area contributed by atoms with Gasteiger partial charge in [0.1, 0.15) is 11.6 Å². The maximum absolute atomic E-state index is 13.7. The second-order valence-electron chi connectivity index (χ2n) is 4.56. The van der Waals surface area contributed by atoms with Crippen LogP contribution in [0.1, 0.15) is 28.9 Å². The molecule has 1 amide bonds. The van der Waals surface area contributed by atoms with E-state index >= 15 is 0 Å². The molecule has 2 rings (SSSR count). The molecule has 3 N–H and O–H groups in total. The van der Waals surface area contributed by atoms with Crippen LogP contribution < -0.4 is 11.1 Å². The largest absolute Gasteiger partial charge is 0.398 e. The van der Waals surface area contributed by atoms with Crippen molar-refractivity contribution in [2.75, 3.05) is 5.73 Å². The van der Waals surface area contributed by atoms with Crippen LogP contribution in [0, 0.1) is 11.6 Å². The molecule has 0 aliphatic rings. The third kappa shape index (κ3) is 3.31. The Hall–Kier alpha value is -2.14. The Balaban J connectivity index is 2.23. The summed E-state index contributed by atoms with van der Waals surface area (Å²) < 4.78 is 27.3. The summed E-state index contributed by atoms with van der Waals surface area (Å²) in [4.78, 5) is 12.1. The van der Waals surface area contributed by atoms with Gasteiger partial charge in [0.15, 0.2) is 0 Å². The highest BCUT2D eigenvalue weighted by Gasteiger charge is 2.19. The third-order valence-electron chi connectivity index (χ3n) is 3.04. The van der Waals surface area contributed by atoms with Crippen molar-refractivity contribution in [1.29, 1.82) is 0 Å². The first-order valence-electron chi connectivity index (χ1n) is 6.20. The number of carbonyl (C=O) groups is 1. The van der Waals surface area contributed by atoms with E-state index in [0.29, 0.717) is 5.02 Å². The van der Waals surface area contributed by atoms with Gasteiger partial charge >= 0.3 is 0 Å². The highest BCUT2D eigenvalue weighted by molar-refractivity contribution is 6.31. The fourth-order valence-electron chi connectivity index (χ4n) is 2.01. The van der Waals surface area contributed by atoms with Crippen LogP contribution in [-0.4, -0.2) is 5.91 Å². The van der Waals surface area contributed by atoms with Crippen LogP contribution in [0.2, 0.25) is 5.02 Å². The molecule has 6 heteroatoms. The molecular weight excluding hydrogens is 298 g/mol. The Kier molecular flexibility index (Phi) is 4.43. The molecule has 0 aliphatic carbocycles. The first-order chi connectivity index (χ1) is 9.90. The highest BCUT2D eigenvalue weighted by atomic mass is 35.5. The number of nitrogen functional groups attached to an aromatic ring is 1. The number of halogens is 3. The number of hydrogen-bond donors (Lipinski definition) is 2. The molecule has 0 aromatic heterocycles. The number of nitrogens with one attached hydrogen (secondary N) is 1. The van der Waals surface area contributed by atoms with Crippen molar-refractivity contribution < 1.29 is 13.6 Å². The summed E-state index contributed by atoms with van der Waals surface area (Å²) in [6.45, 7) is 1.49. The molecular formula is C15H13ClF2N2O. The summed E-state index contributed by atoms with van der Waals surface area (Å²) in [7, 11) is 0. The Labute approximate surface area is 125 Å². The summed E-state index contributed by atoms with van der Waals surface area (Å²) in [5, 5.41) is 2.91. The molecule has 2 aromatic carbocycles. The zero-order chi connectivity index (χ0) is 15.6. The van der Waals surface area contributed by atoms with Crippen LogP contribution in [0.3, 0.4) is 0 Å². The quantitative estimate of drug-likeness (QED) is 0.849. The maximum atomic E-state index is 13.7. The molecule has 0 aliphatic heterocycles. The first kappa shape index (κ1) is 15.3. The molecule has 0 bridgehead atoms. The van der Waals surface area contributed by atoms with Crippen molar-refractivity contribution in [3.8, 4) is 0 Å². The summed E-state index contributed by atoms with van der Waals surface area (Å²) in [5.74, 6) is -1.96. The van der Waals surface area contributed by atoms with E-state index in [0.717, 1.165) is 12.1 Å². The predicted octanol–water partition coefficient (Wildman–Crippen LogP) is 3.69. The molecule has 110 valence electrons. The van der Waals surface area contributed by atoms with Crippen molar-refractivity contribution in [3.63, 3.8) is 0 Å². The zero-order valence-electron chi connectivity index (χ0n) is 11.2. The summed E-state index contributed by atoms with van der Waals surface area (Å²) >= 11 is 5.75. The van der Waals surface area contributed by atoms with E-state index < -0.39 is 23.6 Å². The van der Waals surface area contributed by atoms with Crippen LogP contribution >= 0.6 is 11.6 Å². The highest BCUT2D eigenvalue weighted by Crippen LogP contribution is 2.22. The lowest BCUT2D eigenvalue weighted by Gasteiger charge is -2.16. The summed E-state index contributed by atoms with van der Waals surface area (Å²) in [6, 6.07) is 7.10. The van der Waals surface area contributed by atoms with Crippen molar-refractivity contribution in [1.82, 2.24) is 5.32 Å². The van der Waals surface area contributed by atoms with Gasteiger partial charge in [-0.2, -0.15) is 0 Å². The van der Waals surface area contributed by atoms with Crippen molar-refractivity contribution in [3.05, 3.63) is 64.2 Å². The topological polar surface area (TPSA) is 55.1 Å². The van der Waals surface area contributed by atoms with Gasteiger partial charge in [0.25, 0.3) is 5.91 Å². The Morgan fingerprint density at radius 1 is 1.24 bits per heavy atom. The lowest BCUT2D eigenvalue weighted by molar-refractivity contribution is 0.0939. The predicted molar refractivity (Wildman–Crippen MR) is 78.1 cm³/mol. The van der Waals surface area contributed by atoms with Gasteiger partial charge in [0, 0.05) is 16.3 Å². The Morgan fingerprint density at radius 2 is 1.86 bits per heavy atom. The van der Waals surface area contributed by atoms with E-state index in [1.54, 1.807) is 0 Å². The lowest BCUT2D eigenvalue weighted by atomic mass is 10.1. The molecule has 0 saturated carbocycles. The smallest absolute Gasteiger partial charge is 0.253 e. The second-order valence-corrected chi connectivity index (χ2v) is 5.00. The van der Waals surface area contributed by atoms with E-state index in [4.69, 9.17) is 17.3 Å². The van der Waals surface area contributed by atoms with E-state index in [2.05, 4.69) is 5.32 Å². The number of anilines is 1. The minimum Gasteiger partial charge on any atom is -0.398 e. The van der Waals surface area contributed by atoms with Gasteiger partial charge in [0.2, 0.25) is 0 Å². The molecule has 0 spiro atoms. The number of carbonyl (C=O) groups excluding carboxylic acids is 1. The van der Waals surface area contributed by atoms with Crippen molar-refractivity contribution in [2.45, 2.75) is 13.0 Å². The molecule has 2 aromatic rings. The van der Waals surface area contributed by atoms with Gasteiger partial charge in [0.05, 0.1) is 11.6 Å². The van der Waals surface area contributed by atoms with Gasteiger partial charge in [-0.3, -0.25) is 4.79 Å². The standard InChI is InChI=1S/C15H13ClF2N2O/c1-8(14-11(17)3-2-4-12(14)18)20-15(21)10-6-5-9(16)7-13(10)19/h2-8H,19H2,1H3,(H,20,21). The molecule has 1 unspecified atom stereocenters. The average Bonchev–Trinajstić information content (AvgIpc) is 2.37. The molecule has 0 saturated heterocycles. The van der Waals surface area contributed by atoms with E-state index in [-0.39, 0.29) is 16.8 Å². The number of hydrogen-bond acceptors (Lipinski definition) is 2. The number of nitrogens with two attached hydrogens (primary N) is 1. The molecule has 0 fully saturated rings. The first-order valence-corrected chi connectivity index (χ1v) is 6.57. The van der Waals surface area contributed by atoms with Crippen molar-refractivity contribution in [2.24, 2.45) is 0 Å². The van der Waals surface area contributed by atoms with E-state index in [9.17, 15) is 13.6 Å². The van der Waals surface area contributed by atoms with Gasteiger partial charge < -0.3 is 11.1 Å². The Bertz CT molecular complexity index is 671. The number of amides is 1. The monoisotopic (exact) mass is 310 g/mol. The summed E-state index contributed by atoms with van der Waals surface area (Å²) in [5.41, 5.74) is 5.90. The Morgan fingerprint density at radius 3 is 2.43 bits per heavy atom. The van der Waals surface area contributed by atoms with Crippen LogP contribution in [0.5, 0.6) is 0 Å². The third-order valence-corrected chi connectivity index (χ3v) is 3.27. The lowest BCUT2D eigenvalue weighted by Crippen LogP contribution is -2.28. The fraction of sp³-hybridized carbons (Fsp3) is 0.133. The average molecular weight is 311 g/mol.